The van der Waals surface area contributed by atoms with Gasteiger partial charge in [-0.25, -0.2) is 9.97 Å². The zero-order valence-corrected chi connectivity index (χ0v) is 15.7. The van der Waals surface area contributed by atoms with E-state index in [1.54, 1.807) is 28.9 Å². The molecule has 5 nitrogen and oxygen atoms in total. The summed E-state index contributed by atoms with van der Waals surface area (Å²) in [7, 11) is 0. The first-order valence-corrected chi connectivity index (χ1v) is 9.91. The summed E-state index contributed by atoms with van der Waals surface area (Å²) in [6, 6.07) is 3.93. The molecule has 0 bridgehead atoms. The van der Waals surface area contributed by atoms with Gasteiger partial charge in [0.2, 0.25) is 0 Å². The largest absolute Gasteiger partial charge is 0.396 e. The third-order valence-corrected chi connectivity index (χ3v) is 5.99. The van der Waals surface area contributed by atoms with Crippen molar-refractivity contribution in [1.29, 1.82) is 5.41 Å². The van der Waals surface area contributed by atoms with Gasteiger partial charge in [-0.1, -0.05) is 6.92 Å². The van der Waals surface area contributed by atoms with Crippen LogP contribution in [-0.4, -0.2) is 32.4 Å². The van der Waals surface area contributed by atoms with Crippen LogP contribution in [0.1, 0.15) is 36.8 Å². The van der Waals surface area contributed by atoms with Crippen LogP contribution in [0.25, 0.3) is 20.5 Å². The lowest BCUT2D eigenvalue weighted by molar-refractivity contribution is 0.295. The maximum absolute atomic E-state index is 8.01. The van der Waals surface area contributed by atoms with Gasteiger partial charge in [0.25, 0.3) is 0 Å². The van der Waals surface area contributed by atoms with E-state index in [-0.39, 0.29) is 0 Å². The van der Waals surface area contributed by atoms with Gasteiger partial charge in [-0.2, -0.15) is 0 Å². The molecule has 25 heavy (non-hydrogen) atoms. The summed E-state index contributed by atoms with van der Waals surface area (Å²) < 4.78 is 0. The van der Waals surface area contributed by atoms with Crippen molar-refractivity contribution >= 4 is 28.4 Å². The molecule has 0 saturated carbocycles. The number of rotatable bonds is 3. The van der Waals surface area contributed by atoms with E-state index < -0.39 is 0 Å². The van der Waals surface area contributed by atoms with Crippen molar-refractivity contribution < 1.29 is 5.11 Å². The Morgan fingerprint density at radius 1 is 1.20 bits per heavy atom. The molecular formula is C18H20N4OS2. The number of nitrogens with zero attached hydrogens (tertiary/aromatic N) is 3. The Kier molecular flexibility index (Phi) is 6.01. The average Bonchev–Trinajstić information content (AvgIpc) is 3.30. The molecule has 1 aliphatic rings. The van der Waals surface area contributed by atoms with E-state index in [1.807, 2.05) is 31.5 Å². The molecule has 3 heterocycles. The molecule has 0 spiro atoms. The van der Waals surface area contributed by atoms with Crippen LogP contribution in [0.5, 0.6) is 0 Å². The van der Waals surface area contributed by atoms with Crippen molar-refractivity contribution in [3.63, 3.8) is 0 Å². The van der Waals surface area contributed by atoms with E-state index in [4.69, 9.17) is 10.5 Å². The minimum atomic E-state index is 0.319. The van der Waals surface area contributed by atoms with Crippen molar-refractivity contribution in [3.8, 4) is 20.5 Å². The standard InChI is InChI=1S/C15H12N4S2.C3H8O/c16-10-4-1-5-11-13(10)19-15(20-11)12-8-18-14(21-12)9-3-2-6-17-7-9;1-2-3-4/h2-3,6-8,16H,1,4-5H2;4H,2-3H2,1H3. The fourth-order valence-corrected chi connectivity index (χ4v) is 4.48. The van der Waals surface area contributed by atoms with Crippen LogP contribution in [0.15, 0.2) is 30.7 Å². The van der Waals surface area contributed by atoms with Gasteiger partial charge in [-0.05, 0) is 37.8 Å². The summed E-state index contributed by atoms with van der Waals surface area (Å²) >= 11 is 3.33. The van der Waals surface area contributed by atoms with Gasteiger partial charge in [0.05, 0.1) is 16.3 Å². The molecule has 2 N–H and O–H groups in total. The summed E-state index contributed by atoms with van der Waals surface area (Å²) in [6.07, 6.45) is 9.30. The van der Waals surface area contributed by atoms with Gasteiger partial charge in [0.15, 0.2) is 0 Å². The summed E-state index contributed by atoms with van der Waals surface area (Å²) in [5.74, 6) is 0. The van der Waals surface area contributed by atoms with Gasteiger partial charge in [0.1, 0.15) is 10.0 Å². The molecule has 4 rings (SSSR count). The molecule has 3 aromatic heterocycles. The van der Waals surface area contributed by atoms with E-state index in [0.717, 1.165) is 51.8 Å². The number of aryl methyl sites for hydroxylation is 1. The fraction of sp³-hybridized carbons (Fsp3) is 0.333. The zero-order chi connectivity index (χ0) is 17.6. The second kappa shape index (κ2) is 8.42. The monoisotopic (exact) mass is 372 g/mol. The molecule has 0 fully saturated rings. The number of thiazole rings is 2. The van der Waals surface area contributed by atoms with Crippen molar-refractivity contribution in [2.24, 2.45) is 0 Å². The highest BCUT2D eigenvalue weighted by Crippen LogP contribution is 2.37. The third kappa shape index (κ3) is 4.18. The summed E-state index contributed by atoms with van der Waals surface area (Å²) in [5.41, 5.74) is 2.61. The molecule has 3 aromatic rings. The quantitative estimate of drug-likeness (QED) is 0.713. The molecule has 0 saturated heterocycles. The Bertz CT molecular complexity index is 840. The minimum absolute atomic E-state index is 0.319. The zero-order valence-electron chi connectivity index (χ0n) is 14.0. The SMILES string of the molecule is CCCO.N=C1CCCc2sc(-c3cnc(-c4cccnc4)s3)nc21. The van der Waals surface area contributed by atoms with E-state index in [2.05, 4.69) is 15.0 Å². The molecule has 0 atom stereocenters. The molecular weight excluding hydrogens is 352 g/mol. The van der Waals surface area contributed by atoms with Crippen LogP contribution < -0.4 is 0 Å². The van der Waals surface area contributed by atoms with Crippen LogP contribution in [0.4, 0.5) is 0 Å². The van der Waals surface area contributed by atoms with Gasteiger partial charge in [-0.3, -0.25) is 4.98 Å². The summed E-state index contributed by atoms with van der Waals surface area (Å²) in [4.78, 5) is 15.6. The molecule has 7 heteroatoms. The number of aromatic nitrogens is 3. The molecule has 130 valence electrons. The van der Waals surface area contributed by atoms with E-state index in [0.29, 0.717) is 12.3 Å². The number of nitrogens with one attached hydrogen (secondary N) is 1. The Hall–Kier alpha value is -1.96. The van der Waals surface area contributed by atoms with Crippen LogP contribution in [0.3, 0.4) is 0 Å². The van der Waals surface area contributed by atoms with Crippen LogP contribution in [0.2, 0.25) is 0 Å². The lowest BCUT2D eigenvalue weighted by Gasteiger charge is -2.08. The predicted octanol–water partition coefficient (Wildman–Crippen LogP) is 4.42. The Morgan fingerprint density at radius 3 is 2.72 bits per heavy atom. The average molecular weight is 373 g/mol. The maximum Gasteiger partial charge on any atom is 0.136 e. The summed E-state index contributed by atoms with van der Waals surface area (Å²) in [5, 5.41) is 17.8. The number of pyridine rings is 1. The highest BCUT2D eigenvalue weighted by Gasteiger charge is 2.21. The topological polar surface area (TPSA) is 82.8 Å². The van der Waals surface area contributed by atoms with Crippen LogP contribution in [-0.2, 0) is 6.42 Å². The number of aliphatic hydroxyl groups excluding tert-OH is 1. The third-order valence-electron chi connectivity index (χ3n) is 3.66. The lowest BCUT2D eigenvalue weighted by atomic mass is 10.0. The fourth-order valence-electron chi connectivity index (χ4n) is 2.40. The first kappa shape index (κ1) is 17.8. The first-order chi connectivity index (χ1) is 12.2. The van der Waals surface area contributed by atoms with Crippen LogP contribution in [0, 0.1) is 5.41 Å². The van der Waals surface area contributed by atoms with E-state index in [9.17, 15) is 0 Å². The van der Waals surface area contributed by atoms with Gasteiger partial charge >= 0.3 is 0 Å². The number of fused-ring (bicyclic) bond motifs is 1. The van der Waals surface area contributed by atoms with Crippen molar-refractivity contribution in [2.45, 2.75) is 32.6 Å². The van der Waals surface area contributed by atoms with Crippen molar-refractivity contribution in [3.05, 3.63) is 41.3 Å². The molecule has 0 radical (unpaired) electrons. The lowest BCUT2D eigenvalue weighted by Crippen LogP contribution is -2.08. The maximum atomic E-state index is 8.01. The van der Waals surface area contributed by atoms with Crippen LogP contribution >= 0.6 is 22.7 Å². The van der Waals surface area contributed by atoms with Gasteiger partial charge in [0, 0.05) is 35.6 Å². The first-order valence-electron chi connectivity index (χ1n) is 8.28. The smallest absolute Gasteiger partial charge is 0.136 e. The second-order valence-corrected chi connectivity index (χ2v) is 7.73. The highest BCUT2D eigenvalue weighted by atomic mass is 32.1. The van der Waals surface area contributed by atoms with Crippen molar-refractivity contribution in [1.82, 2.24) is 15.0 Å². The van der Waals surface area contributed by atoms with Gasteiger partial charge < -0.3 is 10.5 Å². The minimum Gasteiger partial charge on any atom is -0.396 e. The normalized spacial score (nSPS) is 13.1. The number of hydrogen-bond acceptors (Lipinski definition) is 7. The van der Waals surface area contributed by atoms with E-state index in [1.165, 1.54) is 4.88 Å². The molecule has 0 unspecified atom stereocenters. The molecule has 0 amide bonds. The Balaban J connectivity index is 0.000000415. The highest BCUT2D eigenvalue weighted by molar-refractivity contribution is 7.23. The predicted molar refractivity (Wildman–Crippen MR) is 104 cm³/mol. The van der Waals surface area contributed by atoms with Crippen molar-refractivity contribution in [2.75, 3.05) is 6.61 Å². The Morgan fingerprint density at radius 2 is 2.04 bits per heavy atom. The number of hydrogen-bond donors (Lipinski definition) is 2. The molecule has 1 aliphatic carbocycles. The molecule has 0 aromatic carbocycles. The number of aliphatic hydroxyl groups is 1. The van der Waals surface area contributed by atoms with E-state index >= 15 is 0 Å². The van der Waals surface area contributed by atoms with Gasteiger partial charge in [-0.15, -0.1) is 22.7 Å². The molecule has 0 aliphatic heterocycles. The Labute approximate surface area is 155 Å². The second-order valence-electron chi connectivity index (χ2n) is 5.62. The summed E-state index contributed by atoms with van der Waals surface area (Å²) in [6.45, 7) is 2.25.